The summed E-state index contributed by atoms with van der Waals surface area (Å²) in [5, 5.41) is 7.92. The summed E-state index contributed by atoms with van der Waals surface area (Å²) >= 11 is 1.41. The molecule has 0 radical (unpaired) electrons. The number of carbonyl (C=O) groups is 1. The largest absolute Gasteiger partial charge is 0.310 e. The highest BCUT2D eigenvalue weighted by molar-refractivity contribution is 7.99. The number of anilines is 1. The number of nitrogens with one attached hydrogen (secondary N) is 1. The molecule has 0 spiro atoms. The highest BCUT2D eigenvalue weighted by Crippen LogP contribution is 2.21. The lowest BCUT2D eigenvalue weighted by Gasteiger charge is -2.12. The molecule has 2 aromatic heterocycles. The minimum Gasteiger partial charge on any atom is -0.310 e. The van der Waals surface area contributed by atoms with Gasteiger partial charge in [0.2, 0.25) is 5.91 Å². The van der Waals surface area contributed by atoms with Gasteiger partial charge in [0.05, 0.1) is 11.9 Å². The maximum absolute atomic E-state index is 12.3. The third kappa shape index (κ3) is 4.11. The zero-order valence-corrected chi connectivity index (χ0v) is 15.3. The number of nitrogens with zero attached hydrogens (tertiary/aromatic N) is 4. The van der Waals surface area contributed by atoms with Gasteiger partial charge in [0, 0.05) is 30.2 Å². The Hall–Kier alpha value is -2.54. The van der Waals surface area contributed by atoms with E-state index in [2.05, 4.69) is 34.5 Å². The number of carbonyl (C=O) groups excluding carboxylic acids is 1. The molecule has 0 aliphatic heterocycles. The van der Waals surface area contributed by atoms with Gasteiger partial charge in [-0.25, -0.2) is 9.67 Å². The van der Waals surface area contributed by atoms with E-state index >= 15 is 0 Å². The summed E-state index contributed by atoms with van der Waals surface area (Å²) < 4.78 is 3.78. The molecule has 1 N–H and O–H groups in total. The Morgan fingerprint density at radius 2 is 2.12 bits per heavy atom. The molecule has 0 fully saturated rings. The average Bonchev–Trinajstić information content (AvgIpc) is 3.21. The first-order valence-electron chi connectivity index (χ1n) is 8.11. The van der Waals surface area contributed by atoms with Crippen LogP contribution in [0.4, 0.5) is 5.82 Å². The number of thioether (sulfide) groups is 1. The molecule has 130 valence electrons. The van der Waals surface area contributed by atoms with Crippen LogP contribution >= 0.6 is 11.8 Å². The standard InChI is InChI=1S/C18H21N5OS/c1-13(2)23-16(7-8-20-23)21-17(24)12-25-18-19-9-10-22(18)15-6-4-5-14(3)11-15/h4-11,13H,12H2,1-3H3,(H,21,24). The zero-order valence-electron chi connectivity index (χ0n) is 14.5. The lowest BCUT2D eigenvalue weighted by molar-refractivity contribution is -0.113. The number of benzene rings is 1. The number of rotatable bonds is 6. The molecule has 6 nitrogen and oxygen atoms in total. The molecule has 0 saturated carbocycles. The minimum absolute atomic E-state index is 0.0776. The van der Waals surface area contributed by atoms with Crippen LogP contribution in [-0.4, -0.2) is 31.0 Å². The number of hydrogen-bond acceptors (Lipinski definition) is 4. The molecule has 0 unspecified atom stereocenters. The van der Waals surface area contributed by atoms with Crippen LogP contribution in [0, 0.1) is 6.92 Å². The Morgan fingerprint density at radius 1 is 1.28 bits per heavy atom. The number of hydrogen-bond donors (Lipinski definition) is 1. The highest BCUT2D eigenvalue weighted by atomic mass is 32.2. The van der Waals surface area contributed by atoms with Gasteiger partial charge < -0.3 is 5.32 Å². The molecule has 0 saturated heterocycles. The normalized spacial score (nSPS) is 11.0. The molecule has 3 aromatic rings. The van der Waals surface area contributed by atoms with Crippen LogP contribution in [0.3, 0.4) is 0 Å². The van der Waals surface area contributed by atoms with Crippen LogP contribution in [0.25, 0.3) is 5.69 Å². The molecule has 0 aliphatic carbocycles. The number of aryl methyl sites for hydroxylation is 1. The van der Waals surface area contributed by atoms with E-state index in [9.17, 15) is 4.79 Å². The fourth-order valence-electron chi connectivity index (χ4n) is 2.50. The summed E-state index contributed by atoms with van der Waals surface area (Å²) in [5.41, 5.74) is 2.22. The summed E-state index contributed by atoms with van der Waals surface area (Å²) in [7, 11) is 0. The Balaban J connectivity index is 1.65. The van der Waals surface area contributed by atoms with Crippen LogP contribution in [-0.2, 0) is 4.79 Å². The summed E-state index contributed by atoms with van der Waals surface area (Å²) in [6, 6.07) is 10.2. The Kier molecular flexibility index (Phi) is 5.23. The number of aromatic nitrogens is 4. The number of imidazole rings is 1. The molecule has 1 amide bonds. The zero-order chi connectivity index (χ0) is 17.8. The first-order valence-corrected chi connectivity index (χ1v) is 9.09. The van der Waals surface area contributed by atoms with E-state index in [0.717, 1.165) is 10.8 Å². The third-order valence-corrected chi connectivity index (χ3v) is 4.61. The second-order valence-electron chi connectivity index (χ2n) is 6.01. The maximum Gasteiger partial charge on any atom is 0.235 e. The maximum atomic E-state index is 12.3. The van der Waals surface area contributed by atoms with Crippen molar-refractivity contribution in [1.29, 1.82) is 0 Å². The fraction of sp³-hybridized carbons (Fsp3) is 0.278. The van der Waals surface area contributed by atoms with Crippen LogP contribution < -0.4 is 5.32 Å². The smallest absolute Gasteiger partial charge is 0.235 e. The van der Waals surface area contributed by atoms with Crippen molar-refractivity contribution in [2.45, 2.75) is 32.0 Å². The van der Waals surface area contributed by atoms with Crippen molar-refractivity contribution in [2.75, 3.05) is 11.1 Å². The van der Waals surface area contributed by atoms with E-state index in [4.69, 9.17) is 0 Å². The molecule has 0 atom stereocenters. The van der Waals surface area contributed by atoms with E-state index in [0.29, 0.717) is 5.82 Å². The van der Waals surface area contributed by atoms with Gasteiger partial charge in [-0.3, -0.25) is 9.36 Å². The molecular formula is C18H21N5OS. The average molecular weight is 355 g/mol. The van der Waals surface area contributed by atoms with Crippen LogP contribution in [0.1, 0.15) is 25.5 Å². The summed E-state index contributed by atoms with van der Waals surface area (Å²) in [5.74, 6) is 0.917. The summed E-state index contributed by atoms with van der Waals surface area (Å²) in [4.78, 5) is 16.6. The van der Waals surface area contributed by atoms with Crippen molar-refractivity contribution >= 4 is 23.5 Å². The topological polar surface area (TPSA) is 64.7 Å². The summed E-state index contributed by atoms with van der Waals surface area (Å²) in [6.07, 6.45) is 5.34. The minimum atomic E-state index is -0.0776. The van der Waals surface area contributed by atoms with Gasteiger partial charge in [0.15, 0.2) is 5.16 Å². The van der Waals surface area contributed by atoms with Gasteiger partial charge in [0.25, 0.3) is 0 Å². The fourth-order valence-corrected chi connectivity index (χ4v) is 3.28. The van der Waals surface area contributed by atoms with Crippen molar-refractivity contribution in [3.63, 3.8) is 0 Å². The first-order chi connectivity index (χ1) is 12.0. The predicted octanol–water partition coefficient (Wildman–Crippen LogP) is 3.69. The third-order valence-electron chi connectivity index (χ3n) is 3.65. The Labute approximate surface area is 151 Å². The van der Waals surface area contributed by atoms with Crippen molar-refractivity contribution in [3.8, 4) is 5.69 Å². The molecule has 7 heteroatoms. The molecule has 0 aliphatic rings. The van der Waals surface area contributed by atoms with Gasteiger partial charge in [-0.2, -0.15) is 5.10 Å². The number of amides is 1. The Bertz CT molecular complexity index is 868. The molecular weight excluding hydrogens is 334 g/mol. The van der Waals surface area contributed by atoms with E-state index < -0.39 is 0 Å². The molecule has 1 aromatic carbocycles. The van der Waals surface area contributed by atoms with Gasteiger partial charge in [-0.1, -0.05) is 23.9 Å². The van der Waals surface area contributed by atoms with Gasteiger partial charge >= 0.3 is 0 Å². The van der Waals surface area contributed by atoms with E-state index in [1.807, 2.05) is 36.7 Å². The molecule has 0 bridgehead atoms. The van der Waals surface area contributed by atoms with Crippen molar-refractivity contribution in [2.24, 2.45) is 0 Å². The Morgan fingerprint density at radius 3 is 2.88 bits per heavy atom. The van der Waals surface area contributed by atoms with Crippen molar-refractivity contribution in [1.82, 2.24) is 19.3 Å². The quantitative estimate of drug-likeness (QED) is 0.685. The molecule has 3 rings (SSSR count). The SMILES string of the molecule is Cc1cccc(-n2ccnc2SCC(=O)Nc2ccnn2C(C)C)c1. The lowest BCUT2D eigenvalue weighted by atomic mass is 10.2. The van der Waals surface area contributed by atoms with Gasteiger partial charge in [0.1, 0.15) is 5.82 Å². The van der Waals surface area contributed by atoms with Crippen molar-refractivity contribution in [3.05, 3.63) is 54.5 Å². The molecule has 2 heterocycles. The summed E-state index contributed by atoms with van der Waals surface area (Å²) in [6.45, 7) is 6.10. The van der Waals surface area contributed by atoms with Crippen LogP contribution in [0.2, 0.25) is 0 Å². The predicted molar refractivity (Wildman–Crippen MR) is 100 cm³/mol. The lowest BCUT2D eigenvalue weighted by Crippen LogP contribution is -2.18. The first kappa shape index (κ1) is 17.3. The second kappa shape index (κ2) is 7.57. The van der Waals surface area contributed by atoms with Crippen LogP contribution in [0.15, 0.2) is 54.1 Å². The monoisotopic (exact) mass is 355 g/mol. The second-order valence-corrected chi connectivity index (χ2v) is 6.95. The van der Waals surface area contributed by atoms with Crippen molar-refractivity contribution < 1.29 is 4.79 Å². The van der Waals surface area contributed by atoms with E-state index in [1.54, 1.807) is 23.1 Å². The molecule has 25 heavy (non-hydrogen) atoms. The van der Waals surface area contributed by atoms with Gasteiger partial charge in [-0.15, -0.1) is 0 Å². The van der Waals surface area contributed by atoms with E-state index in [-0.39, 0.29) is 17.7 Å². The van der Waals surface area contributed by atoms with Gasteiger partial charge in [-0.05, 0) is 38.5 Å². The highest BCUT2D eigenvalue weighted by Gasteiger charge is 2.12. The van der Waals surface area contributed by atoms with E-state index in [1.165, 1.54) is 17.3 Å². The van der Waals surface area contributed by atoms with Crippen LogP contribution in [0.5, 0.6) is 0 Å².